The van der Waals surface area contributed by atoms with Crippen LogP contribution in [0.5, 0.6) is 11.5 Å². The number of nitrogen functional groups attached to an aromatic ring is 1. The number of nitrogens with two attached hydrogens (primary N) is 1. The summed E-state index contributed by atoms with van der Waals surface area (Å²) in [5, 5.41) is 5.49. The smallest absolute Gasteiger partial charge is 0.250 e. The number of likely N-dealkylation sites (tertiary alicyclic amines) is 1. The van der Waals surface area contributed by atoms with Crippen molar-refractivity contribution >= 4 is 22.8 Å². The molecule has 1 aliphatic carbocycles. The van der Waals surface area contributed by atoms with Crippen molar-refractivity contribution < 1.29 is 14.3 Å². The number of amides is 1. The van der Waals surface area contributed by atoms with Crippen LogP contribution in [0.2, 0.25) is 0 Å². The van der Waals surface area contributed by atoms with Gasteiger partial charge in [0.25, 0.3) is 5.91 Å². The predicted molar refractivity (Wildman–Crippen MR) is 154 cm³/mol. The molecule has 3 aromatic rings. The van der Waals surface area contributed by atoms with E-state index in [0.717, 1.165) is 18.7 Å². The molecule has 206 valence electrons. The topological polar surface area (TPSA) is 112 Å². The second-order valence-electron chi connectivity index (χ2n) is 9.74. The molecule has 2 aliphatic rings. The number of fused-ring (bicyclic) bond motifs is 2. The zero-order valence-electron chi connectivity index (χ0n) is 23.2. The maximum absolute atomic E-state index is 13.3. The Bertz CT molecular complexity index is 1550. The standard InChI is InChI=1S/C30H33N7O3/c1-5-35(2)14-8-11-27(38)36-18-26(23-9-6-7-10-25(23)36)37-30-28(29(31)32-19-33-30)24(34-37)13-12-20-15-21(39-3)17-22(16-20)40-4/h6-8,10-11,15-17,19,23,26H,5,9,14,18H2,1-4H3,(H2,31,32,33). The van der Waals surface area contributed by atoms with Gasteiger partial charge in [-0.15, -0.1) is 0 Å². The van der Waals surface area contributed by atoms with Crippen LogP contribution in [-0.4, -0.2) is 76.4 Å². The van der Waals surface area contributed by atoms with Crippen molar-refractivity contribution in [2.45, 2.75) is 19.4 Å². The van der Waals surface area contributed by atoms with Gasteiger partial charge in [0.2, 0.25) is 0 Å². The van der Waals surface area contributed by atoms with E-state index in [1.54, 1.807) is 26.4 Å². The summed E-state index contributed by atoms with van der Waals surface area (Å²) >= 11 is 0. The van der Waals surface area contributed by atoms with Gasteiger partial charge in [0.05, 0.1) is 25.6 Å². The van der Waals surface area contributed by atoms with Crippen LogP contribution >= 0.6 is 0 Å². The third-order valence-electron chi connectivity index (χ3n) is 7.31. The normalized spacial score (nSPS) is 18.1. The molecule has 0 bridgehead atoms. The fraction of sp³-hybridized carbons (Fsp3) is 0.333. The van der Waals surface area contributed by atoms with Crippen LogP contribution in [0.15, 0.2) is 60.6 Å². The van der Waals surface area contributed by atoms with Crippen LogP contribution in [0.4, 0.5) is 5.82 Å². The van der Waals surface area contributed by atoms with Gasteiger partial charge in [0.1, 0.15) is 29.3 Å². The Morgan fingerprint density at radius 3 is 2.70 bits per heavy atom. The summed E-state index contributed by atoms with van der Waals surface area (Å²) in [6.45, 7) is 4.17. The highest BCUT2D eigenvalue weighted by Gasteiger charge is 2.41. The van der Waals surface area contributed by atoms with Gasteiger partial charge in [-0.3, -0.25) is 4.79 Å². The molecule has 3 heterocycles. The van der Waals surface area contributed by atoms with Crippen molar-refractivity contribution in [2.75, 3.05) is 46.6 Å². The van der Waals surface area contributed by atoms with Gasteiger partial charge in [-0.25, -0.2) is 14.6 Å². The van der Waals surface area contributed by atoms with E-state index < -0.39 is 0 Å². The first-order valence-electron chi connectivity index (χ1n) is 13.2. The van der Waals surface area contributed by atoms with Gasteiger partial charge in [0, 0.05) is 42.4 Å². The minimum absolute atomic E-state index is 0.0452. The van der Waals surface area contributed by atoms with E-state index in [4.69, 9.17) is 20.3 Å². The Morgan fingerprint density at radius 1 is 1.20 bits per heavy atom. The summed E-state index contributed by atoms with van der Waals surface area (Å²) in [5.41, 5.74) is 9.06. The number of allylic oxidation sites excluding steroid dienone is 4. The van der Waals surface area contributed by atoms with Crippen LogP contribution in [-0.2, 0) is 4.79 Å². The van der Waals surface area contributed by atoms with Crippen molar-refractivity contribution in [3.63, 3.8) is 0 Å². The van der Waals surface area contributed by atoms with E-state index >= 15 is 0 Å². The van der Waals surface area contributed by atoms with Crippen molar-refractivity contribution in [3.8, 4) is 23.3 Å². The SMILES string of the molecule is CCN(C)CC=CC(=O)N1CC(n2nc(C#Cc3cc(OC)cc(OC)c3)c3c(N)ncnc32)C2CC=CC=C21. The molecule has 1 aromatic carbocycles. The molecule has 2 aromatic heterocycles. The lowest BCUT2D eigenvalue weighted by molar-refractivity contribution is -0.123. The zero-order valence-corrected chi connectivity index (χ0v) is 23.2. The molecule has 1 aliphatic heterocycles. The number of nitrogens with zero attached hydrogens (tertiary/aromatic N) is 6. The number of hydrogen-bond acceptors (Lipinski definition) is 8. The Morgan fingerprint density at radius 2 is 1.98 bits per heavy atom. The van der Waals surface area contributed by atoms with Crippen LogP contribution in [0.3, 0.4) is 0 Å². The highest BCUT2D eigenvalue weighted by atomic mass is 16.5. The molecule has 2 atom stereocenters. The number of benzene rings is 1. The summed E-state index contributed by atoms with van der Waals surface area (Å²) in [6.07, 6.45) is 11.9. The lowest BCUT2D eigenvalue weighted by Gasteiger charge is -2.21. The molecule has 1 saturated heterocycles. The Labute approximate surface area is 233 Å². The molecule has 2 N–H and O–H groups in total. The molecule has 0 radical (unpaired) electrons. The number of carbonyl (C=O) groups excluding carboxylic acids is 1. The van der Waals surface area contributed by atoms with Gasteiger partial charge in [0.15, 0.2) is 5.65 Å². The summed E-state index contributed by atoms with van der Waals surface area (Å²) in [7, 11) is 5.21. The number of methoxy groups -OCH3 is 2. The van der Waals surface area contributed by atoms with Gasteiger partial charge in [-0.1, -0.05) is 31.1 Å². The van der Waals surface area contributed by atoms with Gasteiger partial charge < -0.3 is 25.0 Å². The summed E-state index contributed by atoms with van der Waals surface area (Å²) in [4.78, 5) is 26.0. The molecule has 40 heavy (non-hydrogen) atoms. The molecule has 2 unspecified atom stereocenters. The van der Waals surface area contributed by atoms with Crippen molar-refractivity contribution in [1.29, 1.82) is 0 Å². The third kappa shape index (κ3) is 5.28. The molecule has 0 spiro atoms. The average molecular weight is 540 g/mol. The second-order valence-corrected chi connectivity index (χ2v) is 9.74. The van der Waals surface area contributed by atoms with Gasteiger partial charge in [-0.05, 0) is 44.1 Å². The molecule has 1 fully saturated rings. The largest absolute Gasteiger partial charge is 0.497 e. The van der Waals surface area contributed by atoms with E-state index in [2.05, 4.69) is 39.7 Å². The number of hydrogen-bond donors (Lipinski definition) is 1. The molecule has 0 saturated carbocycles. The lowest BCUT2D eigenvalue weighted by Crippen LogP contribution is -2.27. The number of carbonyl (C=O) groups is 1. The summed E-state index contributed by atoms with van der Waals surface area (Å²) in [5.74, 6) is 7.91. The highest BCUT2D eigenvalue weighted by molar-refractivity contribution is 5.91. The van der Waals surface area contributed by atoms with Crippen LogP contribution in [0.1, 0.15) is 30.6 Å². The molecule has 5 rings (SSSR count). The molecule has 10 heteroatoms. The van der Waals surface area contributed by atoms with E-state index in [1.165, 1.54) is 6.33 Å². The quantitative estimate of drug-likeness (QED) is 0.360. The van der Waals surface area contributed by atoms with Crippen molar-refractivity contribution in [3.05, 3.63) is 71.9 Å². The summed E-state index contributed by atoms with van der Waals surface area (Å²) in [6, 6.07) is 5.30. The number of anilines is 1. The van der Waals surface area contributed by atoms with Crippen molar-refractivity contribution in [2.24, 2.45) is 5.92 Å². The molecular formula is C30H33N7O3. The third-order valence-corrected chi connectivity index (χ3v) is 7.31. The molecule has 1 amide bonds. The van der Waals surface area contributed by atoms with Crippen LogP contribution < -0.4 is 15.2 Å². The summed E-state index contributed by atoms with van der Waals surface area (Å²) < 4.78 is 12.6. The van der Waals surface area contributed by atoms with E-state index in [-0.39, 0.29) is 17.9 Å². The average Bonchev–Trinajstić information content (AvgIpc) is 3.55. The number of ether oxygens (including phenoxy) is 2. The minimum atomic E-state index is -0.142. The monoisotopic (exact) mass is 539 g/mol. The Balaban J connectivity index is 1.52. The van der Waals surface area contributed by atoms with Gasteiger partial charge >= 0.3 is 0 Å². The Hall–Kier alpha value is -4.62. The van der Waals surface area contributed by atoms with Gasteiger partial charge in [-0.2, -0.15) is 5.10 Å². The maximum Gasteiger partial charge on any atom is 0.250 e. The predicted octanol–water partition coefficient (Wildman–Crippen LogP) is 3.18. The Kier molecular flexibility index (Phi) is 7.84. The zero-order chi connectivity index (χ0) is 28.2. The van der Waals surface area contributed by atoms with Crippen molar-refractivity contribution in [1.82, 2.24) is 29.5 Å². The molecule has 10 nitrogen and oxygen atoms in total. The van der Waals surface area contributed by atoms with E-state index in [0.29, 0.717) is 52.7 Å². The molecular weight excluding hydrogens is 506 g/mol. The highest BCUT2D eigenvalue weighted by Crippen LogP contribution is 2.42. The first kappa shape index (κ1) is 27.0. The fourth-order valence-electron chi connectivity index (χ4n) is 5.04. The van der Waals surface area contributed by atoms with E-state index in [9.17, 15) is 4.79 Å². The first-order valence-corrected chi connectivity index (χ1v) is 13.2. The number of rotatable bonds is 7. The maximum atomic E-state index is 13.3. The minimum Gasteiger partial charge on any atom is -0.497 e. The first-order chi connectivity index (χ1) is 19.4. The second kappa shape index (κ2) is 11.6. The lowest BCUT2D eigenvalue weighted by atomic mass is 9.93. The number of likely N-dealkylation sites (N-methyl/N-ethyl adjacent to an activating group) is 1. The van der Waals surface area contributed by atoms with Crippen LogP contribution in [0, 0.1) is 17.8 Å². The van der Waals surface area contributed by atoms with Crippen LogP contribution in [0.25, 0.3) is 11.0 Å². The van der Waals surface area contributed by atoms with E-state index in [1.807, 2.05) is 47.0 Å². The number of aromatic nitrogens is 4. The fourth-order valence-corrected chi connectivity index (χ4v) is 5.04.